The molecule has 0 fully saturated rings. The van der Waals surface area contributed by atoms with Crippen molar-refractivity contribution in [1.82, 2.24) is 9.97 Å². The van der Waals surface area contributed by atoms with Gasteiger partial charge in [0, 0.05) is 24.6 Å². The first-order valence-corrected chi connectivity index (χ1v) is 5.49. The number of hydrogen-bond donors (Lipinski definition) is 1. The number of benzene rings is 1. The van der Waals surface area contributed by atoms with E-state index in [2.05, 4.69) is 15.3 Å². The fourth-order valence-electron chi connectivity index (χ4n) is 2.12. The first-order chi connectivity index (χ1) is 8.36. The molecule has 0 radical (unpaired) electrons. The molecule has 1 N–H and O–H groups in total. The van der Waals surface area contributed by atoms with Crippen LogP contribution >= 0.6 is 0 Å². The lowest BCUT2D eigenvalue weighted by Gasteiger charge is -2.07. The SMILES string of the molecule is O=C(c1cnccn1)C1CNc2ccccc21. The molecule has 1 atom stereocenters. The summed E-state index contributed by atoms with van der Waals surface area (Å²) in [5.41, 5.74) is 2.51. The van der Waals surface area contributed by atoms with E-state index in [9.17, 15) is 4.79 Å². The smallest absolute Gasteiger partial charge is 0.192 e. The Labute approximate surface area is 98.7 Å². The summed E-state index contributed by atoms with van der Waals surface area (Å²) in [7, 11) is 0. The van der Waals surface area contributed by atoms with Crippen LogP contribution in [0.3, 0.4) is 0 Å². The molecule has 1 aliphatic rings. The number of ketones is 1. The van der Waals surface area contributed by atoms with Gasteiger partial charge in [-0.1, -0.05) is 18.2 Å². The van der Waals surface area contributed by atoms with Gasteiger partial charge in [-0.2, -0.15) is 0 Å². The van der Waals surface area contributed by atoms with Gasteiger partial charge < -0.3 is 5.32 Å². The summed E-state index contributed by atoms with van der Waals surface area (Å²) in [4.78, 5) is 20.3. The zero-order valence-electron chi connectivity index (χ0n) is 9.13. The van der Waals surface area contributed by atoms with E-state index in [-0.39, 0.29) is 11.7 Å². The van der Waals surface area contributed by atoms with E-state index in [0.717, 1.165) is 11.3 Å². The van der Waals surface area contributed by atoms with Crippen molar-refractivity contribution < 1.29 is 4.79 Å². The largest absolute Gasteiger partial charge is 0.384 e. The highest BCUT2D eigenvalue weighted by Crippen LogP contribution is 2.32. The van der Waals surface area contributed by atoms with E-state index in [1.165, 1.54) is 6.20 Å². The van der Waals surface area contributed by atoms with E-state index in [0.29, 0.717) is 12.2 Å². The van der Waals surface area contributed by atoms with Gasteiger partial charge in [0.15, 0.2) is 5.78 Å². The van der Waals surface area contributed by atoms with Crippen molar-refractivity contribution in [3.63, 3.8) is 0 Å². The van der Waals surface area contributed by atoms with E-state index in [1.54, 1.807) is 12.4 Å². The molecular weight excluding hydrogens is 214 g/mol. The predicted octanol–water partition coefficient (Wildman–Crippen LogP) is 1.87. The number of hydrogen-bond acceptors (Lipinski definition) is 4. The first kappa shape index (κ1) is 9.96. The molecule has 0 amide bonds. The van der Waals surface area contributed by atoms with Crippen LogP contribution in [0.4, 0.5) is 5.69 Å². The molecule has 3 rings (SSSR count). The fraction of sp³-hybridized carbons (Fsp3) is 0.154. The van der Waals surface area contributed by atoms with Crippen molar-refractivity contribution in [2.24, 2.45) is 0 Å². The maximum atomic E-state index is 12.3. The fourth-order valence-corrected chi connectivity index (χ4v) is 2.12. The van der Waals surface area contributed by atoms with Crippen LogP contribution in [0.1, 0.15) is 22.0 Å². The third-order valence-electron chi connectivity index (χ3n) is 2.96. The van der Waals surface area contributed by atoms with E-state index in [4.69, 9.17) is 0 Å². The van der Waals surface area contributed by atoms with Crippen molar-refractivity contribution in [3.8, 4) is 0 Å². The summed E-state index contributed by atoms with van der Waals surface area (Å²) in [5.74, 6) is -0.126. The number of nitrogens with one attached hydrogen (secondary N) is 1. The Morgan fingerprint density at radius 3 is 3.00 bits per heavy atom. The van der Waals surface area contributed by atoms with Gasteiger partial charge in [-0.05, 0) is 11.6 Å². The Morgan fingerprint density at radius 1 is 1.29 bits per heavy atom. The summed E-state index contributed by atoms with van der Waals surface area (Å²) in [5, 5.41) is 3.23. The normalized spacial score (nSPS) is 17.3. The predicted molar refractivity (Wildman–Crippen MR) is 64.0 cm³/mol. The van der Waals surface area contributed by atoms with Crippen LogP contribution in [0, 0.1) is 0 Å². The van der Waals surface area contributed by atoms with Crippen LogP contribution in [0.2, 0.25) is 0 Å². The zero-order chi connectivity index (χ0) is 11.7. The van der Waals surface area contributed by atoms with Gasteiger partial charge in [0.2, 0.25) is 0 Å². The highest BCUT2D eigenvalue weighted by molar-refractivity contribution is 6.01. The first-order valence-electron chi connectivity index (χ1n) is 5.49. The molecular formula is C13H11N3O. The molecule has 84 valence electrons. The molecule has 17 heavy (non-hydrogen) atoms. The molecule has 0 aliphatic carbocycles. The van der Waals surface area contributed by atoms with Crippen LogP contribution in [-0.4, -0.2) is 22.3 Å². The van der Waals surface area contributed by atoms with Gasteiger partial charge in [-0.3, -0.25) is 9.78 Å². The van der Waals surface area contributed by atoms with Gasteiger partial charge in [-0.15, -0.1) is 0 Å². The highest BCUT2D eigenvalue weighted by Gasteiger charge is 2.29. The average molecular weight is 225 g/mol. The maximum Gasteiger partial charge on any atom is 0.192 e. The lowest BCUT2D eigenvalue weighted by molar-refractivity contribution is 0.0961. The van der Waals surface area contributed by atoms with Gasteiger partial charge in [-0.25, -0.2) is 4.98 Å². The Balaban J connectivity index is 1.95. The number of carbonyl (C=O) groups is 1. The molecule has 4 nitrogen and oxygen atoms in total. The molecule has 1 aromatic heterocycles. The number of anilines is 1. The summed E-state index contributed by atoms with van der Waals surface area (Å²) >= 11 is 0. The summed E-state index contributed by atoms with van der Waals surface area (Å²) in [6.07, 6.45) is 4.63. The monoisotopic (exact) mass is 225 g/mol. The number of aromatic nitrogens is 2. The van der Waals surface area contributed by atoms with Crippen LogP contribution in [0.15, 0.2) is 42.9 Å². The minimum atomic E-state index is -0.150. The van der Waals surface area contributed by atoms with E-state index >= 15 is 0 Å². The molecule has 4 heteroatoms. The summed E-state index contributed by atoms with van der Waals surface area (Å²) < 4.78 is 0. The molecule has 0 spiro atoms. The molecule has 2 aromatic rings. The second-order valence-electron chi connectivity index (χ2n) is 3.98. The third kappa shape index (κ3) is 1.67. The average Bonchev–Trinajstić information content (AvgIpc) is 2.83. The number of fused-ring (bicyclic) bond motifs is 1. The number of nitrogens with zero attached hydrogens (tertiary/aromatic N) is 2. The van der Waals surface area contributed by atoms with Crippen LogP contribution in [0.5, 0.6) is 0 Å². The third-order valence-corrected chi connectivity index (χ3v) is 2.96. The molecule has 1 aromatic carbocycles. The molecule has 1 unspecified atom stereocenters. The Kier molecular flexibility index (Phi) is 2.33. The van der Waals surface area contributed by atoms with Gasteiger partial charge >= 0.3 is 0 Å². The molecule has 1 aliphatic heterocycles. The van der Waals surface area contributed by atoms with Crippen molar-refractivity contribution in [2.75, 3.05) is 11.9 Å². The lowest BCUT2D eigenvalue weighted by atomic mass is 9.95. The minimum Gasteiger partial charge on any atom is -0.384 e. The van der Waals surface area contributed by atoms with E-state index in [1.807, 2.05) is 24.3 Å². The molecule has 2 heterocycles. The molecule has 0 bridgehead atoms. The van der Waals surface area contributed by atoms with Crippen LogP contribution in [-0.2, 0) is 0 Å². The zero-order valence-corrected chi connectivity index (χ0v) is 9.13. The van der Waals surface area contributed by atoms with Crippen molar-refractivity contribution in [1.29, 1.82) is 0 Å². The van der Waals surface area contributed by atoms with Crippen LogP contribution < -0.4 is 5.32 Å². The van der Waals surface area contributed by atoms with Crippen LogP contribution in [0.25, 0.3) is 0 Å². The molecule has 0 saturated heterocycles. The van der Waals surface area contributed by atoms with Gasteiger partial charge in [0.05, 0.1) is 12.1 Å². The van der Waals surface area contributed by atoms with Crippen molar-refractivity contribution in [3.05, 3.63) is 54.1 Å². The number of Topliss-reactive ketones (excluding diaryl/α,β-unsaturated/α-hetero) is 1. The number of rotatable bonds is 2. The molecule has 0 saturated carbocycles. The minimum absolute atomic E-state index is 0.0237. The van der Waals surface area contributed by atoms with Crippen molar-refractivity contribution in [2.45, 2.75) is 5.92 Å². The van der Waals surface area contributed by atoms with E-state index < -0.39 is 0 Å². The Hall–Kier alpha value is -2.23. The topological polar surface area (TPSA) is 54.9 Å². The quantitative estimate of drug-likeness (QED) is 0.793. The maximum absolute atomic E-state index is 12.3. The highest BCUT2D eigenvalue weighted by atomic mass is 16.1. The summed E-state index contributed by atoms with van der Waals surface area (Å²) in [6.45, 7) is 0.634. The van der Waals surface area contributed by atoms with Crippen molar-refractivity contribution >= 4 is 11.5 Å². The van der Waals surface area contributed by atoms with Gasteiger partial charge in [0.25, 0.3) is 0 Å². The van der Waals surface area contributed by atoms with Gasteiger partial charge in [0.1, 0.15) is 5.69 Å². The summed E-state index contributed by atoms with van der Waals surface area (Å²) in [6, 6.07) is 7.87. The standard InChI is InChI=1S/C13H11N3O/c17-13(12-8-14-5-6-15-12)10-7-16-11-4-2-1-3-9(10)11/h1-6,8,10,16H,7H2. The second-order valence-corrected chi connectivity index (χ2v) is 3.98. The Morgan fingerprint density at radius 2 is 2.18 bits per heavy atom. The number of para-hydroxylation sites is 1. The number of carbonyl (C=O) groups excluding carboxylic acids is 1. The second kappa shape index (κ2) is 3.97. The Bertz CT molecular complexity index is 554. The lowest BCUT2D eigenvalue weighted by Crippen LogP contribution is -2.16.